The summed E-state index contributed by atoms with van der Waals surface area (Å²) in [7, 11) is 0. The Bertz CT molecular complexity index is 630. The average Bonchev–Trinajstić information content (AvgIpc) is 2.41. The molecule has 4 heteroatoms. The smallest absolute Gasteiger partial charge is 0.175 e. The molecule has 0 amide bonds. The van der Waals surface area contributed by atoms with Gasteiger partial charge in [-0.05, 0) is 53.5 Å². The predicted molar refractivity (Wildman–Crippen MR) is 99.1 cm³/mol. The number of anilines is 2. The van der Waals surface area contributed by atoms with Gasteiger partial charge in [-0.3, -0.25) is 0 Å². The van der Waals surface area contributed by atoms with Crippen LogP contribution in [0.4, 0.5) is 11.4 Å². The second-order valence-electron chi connectivity index (χ2n) is 5.88. The van der Waals surface area contributed by atoms with E-state index in [2.05, 4.69) is 65.5 Å². The first-order valence-electron chi connectivity index (χ1n) is 6.79. The van der Waals surface area contributed by atoms with E-state index in [-0.39, 0.29) is 5.41 Å². The van der Waals surface area contributed by atoms with E-state index in [1.165, 1.54) is 5.56 Å². The van der Waals surface area contributed by atoms with E-state index >= 15 is 0 Å². The molecule has 2 N–H and O–H groups in total. The summed E-state index contributed by atoms with van der Waals surface area (Å²) in [6.45, 7) is 6.58. The maximum absolute atomic E-state index is 5.40. The summed E-state index contributed by atoms with van der Waals surface area (Å²) < 4.78 is 1.05. The number of halogens is 1. The number of nitrogens with one attached hydrogen (secondary N) is 2. The van der Waals surface area contributed by atoms with Crippen LogP contribution in [-0.2, 0) is 5.41 Å². The highest BCUT2D eigenvalue weighted by Crippen LogP contribution is 2.29. The van der Waals surface area contributed by atoms with Gasteiger partial charge in [-0.1, -0.05) is 54.9 Å². The van der Waals surface area contributed by atoms with Gasteiger partial charge in [-0.2, -0.15) is 0 Å². The lowest BCUT2D eigenvalue weighted by Crippen LogP contribution is -2.22. The van der Waals surface area contributed by atoms with E-state index in [0.29, 0.717) is 5.11 Å². The molecule has 0 atom stereocenters. The van der Waals surface area contributed by atoms with Gasteiger partial charge in [0.1, 0.15) is 0 Å². The van der Waals surface area contributed by atoms with Crippen LogP contribution in [0.2, 0.25) is 0 Å². The van der Waals surface area contributed by atoms with Crippen LogP contribution in [-0.4, -0.2) is 5.11 Å². The minimum absolute atomic E-state index is 0.0663. The molecule has 0 spiro atoms. The second kappa shape index (κ2) is 6.58. The molecule has 2 aromatic rings. The molecule has 2 aromatic carbocycles. The quantitative estimate of drug-likeness (QED) is 0.684. The number of benzene rings is 2. The van der Waals surface area contributed by atoms with Crippen molar-refractivity contribution in [2.75, 3.05) is 10.6 Å². The van der Waals surface area contributed by atoms with Crippen LogP contribution in [0, 0.1) is 0 Å². The van der Waals surface area contributed by atoms with Gasteiger partial charge in [0.25, 0.3) is 0 Å². The third-order valence-corrected chi connectivity index (χ3v) is 3.82. The van der Waals surface area contributed by atoms with E-state index in [1.54, 1.807) is 0 Å². The van der Waals surface area contributed by atoms with E-state index < -0.39 is 0 Å². The molecule has 0 aliphatic rings. The zero-order valence-electron chi connectivity index (χ0n) is 12.4. The Morgan fingerprint density at radius 2 is 1.57 bits per heavy atom. The molecule has 2 rings (SSSR count). The molecule has 0 heterocycles. The summed E-state index contributed by atoms with van der Waals surface area (Å²) in [5, 5.41) is 7.08. The van der Waals surface area contributed by atoms with Crippen molar-refractivity contribution < 1.29 is 0 Å². The molecule has 0 aromatic heterocycles. The highest BCUT2D eigenvalue weighted by atomic mass is 79.9. The van der Waals surface area contributed by atoms with Crippen molar-refractivity contribution in [3.8, 4) is 0 Å². The van der Waals surface area contributed by atoms with Crippen molar-refractivity contribution in [3.63, 3.8) is 0 Å². The lowest BCUT2D eigenvalue weighted by Gasteiger charge is -2.23. The summed E-state index contributed by atoms with van der Waals surface area (Å²) in [6.07, 6.45) is 0. The molecule has 0 unspecified atom stereocenters. The topological polar surface area (TPSA) is 24.1 Å². The van der Waals surface area contributed by atoms with Gasteiger partial charge in [-0.15, -0.1) is 0 Å². The molecular weight excluding hydrogens is 344 g/mol. The van der Waals surface area contributed by atoms with Crippen molar-refractivity contribution in [2.45, 2.75) is 26.2 Å². The maximum Gasteiger partial charge on any atom is 0.175 e. The van der Waals surface area contributed by atoms with Gasteiger partial charge in [0.15, 0.2) is 5.11 Å². The van der Waals surface area contributed by atoms with Gasteiger partial charge in [0.05, 0.1) is 0 Å². The Kier molecular flexibility index (Phi) is 5.01. The van der Waals surface area contributed by atoms with E-state index in [4.69, 9.17) is 12.2 Å². The monoisotopic (exact) mass is 362 g/mol. The number of hydrogen-bond donors (Lipinski definition) is 2. The second-order valence-corrected chi connectivity index (χ2v) is 7.21. The van der Waals surface area contributed by atoms with Crippen molar-refractivity contribution >= 4 is 44.6 Å². The normalized spacial score (nSPS) is 11.0. The van der Waals surface area contributed by atoms with E-state index in [1.807, 2.05) is 30.3 Å². The third kappa shape index (κ3) is 4.55. The number of rotatable bonds is 2. The van der Waals surface area contributed by atoms with Crippen LogP contribution in [0.3, 0.4) is 0 Å². The van der Waals surface area contributed by atoms with Crippen molar-refractivity contribution in [1.82, 2.24) is 0 Å². The fourth-order valence-electron chi connectivity index (χ4n) is 2.06. The molecule has 21 heavy (non-hydrogen) atoms. The summed E-state index contributed by atoms with van der Waals surface area (Å²) in [5.74, 6) is 0. The van der Waals surface area contributed by atoms with Gasteiger partial charge in [0.2, 0.25) is 0 Å². The van der Waals surface area contributed by atoms with Crippen LogP contribution >= 0.6 is 28.1 Å². The highest BCUT2D eigenvalue weighted by Gasteiger charge is 2.17. The van der Waals surface area contributed by atoms with Crippen molar-refractivity contribution in [2.24, 2.45) is 0 Å². The number of para-hydroxylation sites is 1. The molecule has 0 saturated carbocycles. The third-order valence-electron chi connectivity index (χ3n) is 3.09. The Hall–Kier alpha value is -1.39. The first-order chi connectivity index (χ1) is 9.86. The van der Waals surface area contributed by atoms with Gasteiger partial charge in [-0.25, -0.2) is 0 Å². The number of thiocarbonyl (C=S) groups is 1. The fraction of sp³-hybridized carbons (Fsp3) is 0.235. The largest absolute Gasteiger partial charge is 0.332 e. The Morgan fingerprint density at radius 1 is 0.952 bits per heavy atom. The van der Waals surface area contributed by atoms with Gasteiger partial charge < -0.3 is 10.6 Å². The van der Waals surface area contributed by atoms with E-state index in [9.17, 15) is 0 Å². The maximum atomic E-state index is 5.40. The molecular formula is C17H19BrN2S. The van der Waals surface area contributed by atoms with Gasteiger partial charge in [0, 0.05) is 15.8 Å². The van der Waals surface area contributed by atoms with Crippen LogP contribution < -0.4 is 10.6 Å². The molecule has 0 saturated heterocycles. The lowest BCUT2D eigenvalue weighted by molar-refractivity contribution is 0.592. The number of hydrogen-bond acceptors (Lipinski definition) is 1. The first-order valence-corrected chi connectivity index (χ1v) is 7.99. The van der Waals surface area contributed by atoms with Crippen LogP contribution in [0.1, 0.15) is 26.3 Å². The minimum Gasteiger partial charge on any atom is -0.332 e. The molecule has 2 nitrogen and oxygen atoms in total. The Balaban J connectivity index is 2.11. The Morgan fingerprint density at radius 3 is 2.19 bits per heavy atom. The summed E-state index contributed by atoms with van der Waals surface area (Å²) >= 11 is 8.82. The zero-order valence-corrected chi connectivity index (χ0v) is 14.8. The lowest BCUT2D eigenvalue weighted by atomic mass is 9.86. The summed E-state index contributed by atoms with van der Waals surface area (Å²) in [5.41, 5.74) is 3.31. The van der Waals surface area contributed by atoms with E-state index in [0.717, 1.165) is 15.8 Å². The standard InChI is InChI=1S/C17H19BrN2S/c1-17(2,3)14-6-4-5-7-15(14)20-16(21)19-13-10-8-12(18)9-11-13/h4-11H,1-3H3,(H2,19,20,21). The van der Waals surface area contributed by atoms with Crippen molar-refractivity contribution in [1.29, 1.82) is 0 Å². The highest BCUT2D eigenvalue weighted by molar-refractivity contribution is 9.10. The molecule has 0 aliphatic carbocycles. The average molecular weight is 363 g/mol. The van der Waals surface area contributed by atoms with Gasteiger partial charge >= 0.3 is 0 Å². The van der Waals surface area contributed by atoms with Crippen molar-refractivity contribution in [3.05, 3.63) is 58.6 Å². The molecule has 110 valence electrons. The molecule has 0 fully saturated rings. The zero-order chi connectivity index (χ0) is 15.5. The Labute approximate surface area is 140 Å². The molecule has 0 aliphatic heterocycles. The van der Waals surface area contributed by atoms with Crippen LogP contribution in [0.5, 0.6) is 0 Å². The summed E-state index contributed by atoms with van der Waals surface area (Å²) in [4.78, 5) is 0. The first kappa shape index (κ1) is 16.0. The minimum atomic E-state index is 0.0663. The molecule has 0 radical (unpaired) electrons. The summed E-state index contributed by atoms with van der Waals surface area (Å²) in [6, 6.07) is 16.2. The van der Waals surface area contributed by atoms with Crippen LogP contribution in [0.15, 0.2) is 53.0 Å². The van der Waals surface area contributed by atoms with Crippen LogP contribution in [0.25, 0.3) is 0 Å². The SMILES string of the molecule is CC(C)(C)c1ccccc1NC(=S)Nc1ccc(Br)cc1. The fourth-order valence-corrected chi connectivity index (χ4v) is 2.56. The molecule has 0 bridgehead atoms. The predicted octanol–water partition coefficient (Wildman–Crippen LogP) is 5.56.